The third kappa shape index (κ3) is 2.82. The summed E-state index contributed by atoms with van der Waals surface area (Å²) in [6.45, 7) is 0. The summed E-state index contributed by atoms with van der Waals surface area (Å²) in [6.07, 6.45) is 0. The molecule has 0 radical (unpaired) electrons. The number of rotatable bonds is 2. The summed E-state index contributed by atoms with van der Waals surface area (Å²) in [7, 11) is 0. The zero-order valence-corrected chi connectivity index (χ0v) is 18.5. The Labute approximate surface area is 175 Å². The normalized spacial score (nSPS) is 11.6. The molecular formula is C26H16Se2. The molecule has 0 aliphatic rings. The van der Waals surface area contributed by atoms with Gasteiger partial charge in [0.15, 0.2) is 0 Å². The Morgan fingerprint density at radius 1 is 0.393 bits per heavy atom. The topological polar surface area (TPSA) is 0 Å². The molecule has 0 saturated carbocycles. The summed E-state index contributed by atoms with van der Waals surface area (Å²) in [5.74, 6) is 0. The number of benzene rings is 4. The molecule has 0 spiro atoms. The van der Waals surface area contributed by atoms with E-state index in [-0.39, 0.29) is 0 Å². The minimum atomic E-state index is 0.388. The van der Waals surface area contributed by atoms with Crippen LogP contribution < -0.4 is 0 Å². The van der Waals surface area contributed by atoms with Gasteiger partial charge in [0.2, 0.25) is 0 Å². The molecule has 0 saturated heterocycles. The molecule has 2 heteroatoms. The zero-order valence-electron chi connectivity index (χ0n) is 15.1. The summed E-state index contributed by atoms with van der Waals surface area (Å²) in [4.78, 5) is 0. The summed E-state index contributed by atoms with van der Waals surface area (Å²) in [5.41, 5.74) is 2.73. The van der Waals surface area contributed by atoms with Crippen LogP contribution in [-0.2, 0) is 0 Å². The SMILES string of the molecule is c1ccc(-c2cc3cc4cc5[se]c(-c6ccccc6)cc5cc4cc3[se]2)cc1. The Bertz CT molecular complexity index is 1260. The van der Waals surface area contributed by atoms with Crippen LogP contribution in [0.1, 0.15) is 0 Å². The Morgan fingerprint density at radius 2 is 0.821 bits per heavy atom. The fourth-order valence-electron chi connectivity index (χ4n) is 3.81. The Balaban J connectivity index is 1.52. The van der Waals surface area contributed by atoms with Crippen molar-refractivity contribution in [3.8, 4) is 20.0 Å². The van der Waals surface area contributed by atoms with Gasteiger partial charge in [0.1, 0.15) is 0 Å². The standard InChI is InChI=1S/C26H16Se2/c1-3-7-17(8-4-1)23-15-21-11-19-14-26-22(12-20(19)13-25(21)27-23)16-24(28-26)18-9-5-2-6-10-18/h1-16H. The average Bonchev–Trinajstić information content (AvgIpc) is 3.35. The number of fused-ring (bicyclic) bond motifs is 3. The van der Waals surface area contributed by atoms with Crippen molar-refractivity contribution in [2.45, 2.75) is 0 Å². The van der Waals surface area contributed by atoms with E-state index in [9.17, 15) is 0 Å². The summed E-state index contributed by atoms with van der Waals surface area (Å²) in [5, 5.41) is 5.58. The number of hydrogen-bond acceptors (Lipinski definition) is 0. The van der Waals surface area contributed by atoms with Gasteiger partial charge in [-0.2, -0.15) is 0 Å². The van der Waals surface area contributed by atoms with Gasteiger partial charge in [-0.3, -0.25) is 0 Å². The first-order valence-electron chi connectivity index (χ1n) is 9.35. The quantitative estimate of drug-likeness (QED) is 0.242. The maximum absolute atomic E-state index is 2.43. The molecule has 0 aliphatic heterocycles. The predicted molar refractivity (Wildman–Crippen MR) is 124 cm³/mol. The molecule has 0 N–H and O–H groups in total. The van der Waals surface area contributed by atoms with E-state index in [4.69, 9.17) is 0 Å². The van der Waals surface area contributed by atoms with Crippen molar-refractivity contribution in [2.24, 2.45) is 0 Å². The van der Waals surface area contributed by atoms with Crippen LogP contribution in [0, 0.1) is 0 Å². The molecule has 132 valence electrons. The van der Waals surface area contributed by atoms with Crippen LogP contribution >= 0.6 is 0 Å². The summed E-state index contributed by atoms with van der Waals surface area (Å²) < 4.78 is 5.99. The molecule has 0 unspecified atom stereocenters. The van der Waals surface area contributed by atoms with Gasteiger partial charge in [-0.05, 0) is 0 Å². The van der Waals surface area contributed by atoms with Crippen molar-refractivity contribution in [3.05, 3.63) is 97.1 Å². The molecule has 0 aliphatic carbocycles. The van der Waals surface area contributed by atoms with E-state index < -0.39 is 0 Å². The van der Waals surface area contributed by atoms with Crippen molar-refractivity contribution in [1.29, 1.82) is 0 Å². The van der Waals surface area contributed by atoms with Crippen LogP contribution in [0.25, 0.3) is 50.1 Å². The maximum atomic E-state index is 2.43. The molecular weight excluding hydrogens is 470 g/mol. The van der Waals surface area contributed by atoms with Crippen molar-refractivity contribution in [3.63, 3.8) is 0 Å². The van der Waals surface area contributed by atoms with E-state index in [1.165, 1.54) is 50.1 Å². The van der Waals surface area contributed by atoms with Gasteiger partial charge >= 0.3 is 176 Å². The second kappa shape index (κ2) is 6.62. The monoisotopic (exact) mass is 488 g/mol. The van der Waals surface area contributed by atoms with Gasteiger partial charge in [0, 0.05) is 0 Å². The minimum absolute atomic E-state index is 0.388. The van der Waals surface area contributed by atoms with Crippen LogP contribution in [0.3, 0.4) is 0 Å². The first-order valence-corrected chi connectivity index (χ1v) is 12.8. The van der Waals surface area contributed by atoms with Crippen LogP contribution in [0.2, 0.25) is 0 Å². The Kier molecular flexibility index (Phi) is 3.92. The van der Waals surface area contributed by atoms with E-state index in [0.717, 1.165) is 0 Å². The summed E-state index contributed by atoms with van der Waals surface area (Å²) >= 11 is 0.776. The fraction of sp³-hybridized carbons (Fsp3) is 0. The van der Waals surface area contributed by atoms with Gasteiger partial charge in [0.05, 0.1) is 0 Å². The second-order valence-corrected chi connectivity index (χ2v) is 11.6. The van der Waals surface area contributed by atoms with Crippen LogP contribution in [0.15, 0.2) is 97.1 Å². The third-order valence-corrected chi connectivity index (χ3v) is 10.0. The first-order chi connectivity index (χ1) is 13.8. The van der Waals surface area contributed by atoms with E-state index in [0.29, 0.717) is 29.0 Å². The van der Waals surface area contributed by atoms with Crippen LogP contribution in [-0.4, -0.2) is 29.0 Å². The number of hydrogen-bond donors (Lipinski definition) is 0. The third-order valence-electron chi connectivity index (χ3n) is 5.23. The molecule has 0 nitrogen and oxygen atoms in total. The van der Waals surface area contributed by atoms with E-state index in [2.05, 4.69) is 97.1 Å². The van der Waals surface area contributed by atoms with Crippen molar-refractivity contribution in [2.75, 3.05) is 0 Å². The molecule has 2 heterocycles. The van der Waals surface area contributed by atoms with E-state index in [1.807, 2.05) is 0 Å². The van der Waals surface area contributed by atoms with Gasteiger partial charge in [-0.15, -0.1) is 0 Å². The van der Waals surface area contributed by atoms with E-state index in [1.54, 1.807) is 0 Å². The Morgan fingerprint density at radius 3 is 1.25 bits per heavy atom. The van der Waals surface area contributed by atoms with Gasteiger partial charge in [-0.25, -0.2) is 0 Å². The molecule has 0 fully saturated rings. The molecule has 0 bridgehead atoms. The first kappa shape index (κ1) is 16.6. The van der Waals surface area contributed by atoms with Crippen LogP contribution in [0.4, 0.5) is 0 Å². The second-order valence-electron chi connectivity index (χ2n) is 7.08. The van der Waals surface area contributed by atoms with Crippen molar-refractivity contribution in [1.82, 2.24) is 0 Å². The molecule has 0 atom stereocenters. The van der Waals surface area contributed by atoms with Gasteiger partial charge in [-0.1, -0.05) is 0 Å². The van der Waals surface area contributed by atoms with Gasteiger partial charge in [0.25, 0.3) is 0 Å². The molecule has 6 rings (SSSR count). The average molecular weight is 486 g/mol. The summed E-state index contributed by atoms with van der Waals surface area (Å²) in [6, 6.07) is 36.1. The van der Waals surface area contributed by atoms with Crippen LogP contribution in [0.5, 0.6) is 0 Å². The van der Waals surface area contributed by atoms with E-state index >= 15 is 0 Å². The molecule has 4 aromatic carbocycles. The molecule has 28 heavy (non-hydrogen) atoms. The molecule has 0 amide bonds. The van der Waals surface area contributed by atoms with Crippen molar-refractivity contribution >= 4 is 59.1 Å². The molecule has 6 aromatic rings. The predicted octanol–water partition coefficient (Wildman–Crippen LogP) is 6.59. The van der Waals surface area contributed by atoms with Crippen molar-refractivity contribution < 1.29 is 0 Å². The molecule has 2 aromatic heterocycles. The Hall–Kier alpha value is -2.34. The zero-order chi connectivity index (χ0) is 18.5. The van der Waals surface area contributed by atoms with Gasteiger partial charge < -0.3 is 0 Å². The fourth-order valence-corrected chi connectivity index (χ4v) is 8.42.